The van der Waals surface area contributed by atoms with Crippen LogP contribution in [0.25, 0.3) is 0 Å². The Morgan fingerprint density at radius 1 is 1.17 bits per heavy atom. The molecule has 0 aromatic heterocycles. The van der Waals surface area contributed by atoms with Crippen LogP contribution in [0.5, 0.6) is 0 Å². The Kier molecular flexibility index (Phi) is 2.92. The monoisotopic (exact) mass is 187 g/mol. The van der Waals surface area contributed by atoms with Crippen molar-refractivity contribution in [3.8, 4) is 0 Å². The van der Waals surface area contributed by atoms with Gasteiger partial charge in [0.1, 0.15) is 0 Å². The van der Waals surface area contributed by atoms with E-state index in [9.17, 15) is 0 Å². The summed E-state index contributed by atoms with van der Waals surface area (Å²) in [5.74, 6) is 0.882. The Morgan fingerprint density at radius 2 is 1.83 bits per heavy atom. The molecule has 0 atom stereocenters. The Hall–Kier alpha value is 0.250. The summed E-state index contributed by atoms with van der Waals surface area (Å²) in [6.45, 7) is 1.22. The molecule has 2 fully saturated rings. The number of nitrogens with one attached hydrogen (secondary N) is 1. The van der Waals surface area contributed by atoms with E-state index in [0.29, 0.717) is 5.38 Å². The molecule has 0 radical (unpaired) electrons. The average Bonchev–Trinajstić information content (AvgIpc) is 2.47. The van der Waals surface area contributed by atoms with Crippen LogP contribution in [0.3, 0.4) is 0 Å². The number of hydrogen-bond acceptors (Lipinski definition) is 1. The van der Waals surface area contributed by atoms with Crippen LogP contribution in [0.4, 0.5) is 0 Å². The number of halogens is 1. The maximum Gasteiger partial charge on any atom is 0.0342 e. The maximum absolute atomic E-state index is 5.91. The molecule has 0 unspecified atom stereocenters. The smallest absolute Gasteiger partial charge is 0.0342 e. The van der Waals surface area contributed by atoms with Gasteiger partial charge in [-0.1, -0.05) is 12.8 Å². The Labute approximate surface area is 79.9 Å². The van der Waals surface area contributed by atoms with Gasteiger partial charge in [-0.3, -0.25) is 0 Å². The van der Waals surface area contributed by atoms with E-state index in [1.54, 1.807) is 0 Å². The molecule has 2 aliphatic carbocycles. The van der Waals surface area contributed by atoms with Crippen LogP contribution in [-0.2, 0) is 0 Å². The third-order valence-corrected chi connectivity index (χ3v) is 3.58. The van der Waals surface area contributed by atoms with E-state index in [0.717, 1.165) is 12.0 Å². The lowest BCUT2D eigenvalue weighted by molar-refractivity contribution is 0.295. The van der Waals surface area contributed by atoms with Crippen molar-refractivity contribution in [2.24, 2.45) is 5.92 Å². The number of hydrogen-bond donors (Lipinski definition) is 1. The van der Waals surface area contributed by atoms with Gasteiger partial charge in [-0.15, -0.1) is 11.6 Å². The molecule has 1 nitrogen and oxygen atoms in total. The van der Waals surface area contributed by atoms with Gasteiger partial charge < -0.3 is 5.32 Å². The highest BCUT2D eigenvalue weighted by Gasteiger charge is 2.27. The highest BCUT2D eigenvalue weighted by Crippen LogP contribution is 2.31. The van der Waals surface area contributed by atoms with E-state index in [4.69, 9.17) is 11.6 Å². The van der Waals surface area contributed by atoms with Gasteiger partial charge in [-0.05, 0) is 38.1 Å². The second-order valence-electron chi connectivity index (χ2n) is 4.32. The third-order valence-electron chi connectivity index (χ3n) is 3.23. The molecule has 0 aliphatic heterocycles. The standard InChI is InChI=1S/C10H18ClN/c11-9-5-8(6-9)7-12-10-3-1-2-4-10/h8-10,12H,1-7H2. The third kappa shape index (κ3) is 2.14. The summed E-state index contributed by atoms with van der Waals surface area (Å²) in [6.07, 6.45) is 8.14. The molecular formula is C10H18ClN. The summed E-state index contributed by atoms with van der Waals surface area (Å²) >= 11 is 5.91. The first kappa shape index (κ1) is 8.83. The van der Waals surface area contributed by atoms with E-state index in [2.05, 4.69) is 5.32 Å². The largest absolute Gasteiger partial charge is 0.314 e. The van der Waals surface area contributed by atoms with Crippen molar-refractivity contribution in [3.63, 3.8) is 0 Å². The van der Waals surface area contributed by atoms with Gasteiger partial charge >= 0.3 is 0 Å². The maximum atomic E-state index is 5.91. The summed E-state index contributed by atoms with van der Waals surface area (Å²) in [6, 6.07) is 0.833. The fourth-order valence-corrected chi connectivity index (χ4v) is 2.79. The van der Waals surface area contributed by atoms with Crippen LogP contribution in [0.2, 0.25) is 0 Å². The zero-order chi connectivity index (χ0) is 8.39. The van der Waals surface area contributed by atoms with Crippen LogP contribution in [0, 0.1) is 5.92 Å². The first-order valence-corrected chi connectivity index (χ1v) is 5.65. The summed E-state index contributed by atoms with van der Waals surface area (Å²) in [4.78, 5) is 0. The van der Waals surface area contributed by atoms with E-state index < -0.39 is 0 Å². The van der Waals surface area contributed by atoms with Crippen LogP contribution in [-0.4, -0.2) is 18.0 Å². The molecule has 2 saturated carbocycles. The second-order valence-corrected chi connectivity index (χ2v) is 4.94. The van der Waals surface area contributed by atoms with Crippen LogP contribution < -0.4 is 5.32 Å². The predicted molar refractivity (Wildman–Crippen MR) is 52.6 cm³/mol. The van der Waals surface area contributed by atoms with Gasteiger partial charge in [0.05, 0.1) is 0 Å². The van der Waals surface area contributed by atoms with Crippen molar-refractivity contribution in [1.29, 1.82) is 0 Å². The van der Waals surface area contributed by atoms with Crippen molar-refractivity contribution < 1.29 is 0 Å². The Morgan fingerprint density at radius 3 is 2.42 bits per heavy atom. The molecule has 12 heavy (non-hydrogen) atoms. The normalized spacial score (nSPS) is 36.8. The minimum atomic E-state index is 0.486. The molecule has 2 aliphatic rings. The zero-order valence-electron chi connectivity index (χ0n) is 7.56. The number of rotatable bonds is 3. The molecule has 2 heteroatoms. The molecule has 0 aromatic rings. The first-order valence-electron chi connectivity index (χ1n) is 5.22. The Balaban J connectivity index is 1.56. The van der Waals surface area contributed by atoms with E-state index >= 15 is 0 Å². The van der Waals surface area contributed by atoms with Gasteiger partial charge in [0.25, 0.3) is 0 Å². The molecule has 2 rings (SSSR count). The minimum absolute atomic E-state index is 0.486. The molecule has 0 heterocycles. The molecule has 0 saturated heterocycles. The molecule has 0 spiro atoms. The van der Waals surface area contributed by atoms with E-state index in [-0.39, 0.29) is 0 Å². The predicted octanol–water partition coefficient (Wildman–Crippen LogP) is 2.54. The quantitative estimate of drug-likeness (QED) is 0.670. The fraction of sp³-hybridized carbons (Fsp3) is 1.00. The SMILES string of the molecule is ClC1CC(CNC2CCCC2)C1. The lowest BCUT2D eigenvalue weighted by atomic mass is 9.84. The highest BCUT2D eigenvalue weighted by atomic mass is 35.5. The van der Waals surface area contributed by atoms with Gasteiger partial charge in [0, 0.05) is 11.4 Å². The lowest BCUT2D eigenvalue weighted by Gasteiger charge is -2.32. The minimum Gasteiger partial charge on any atom is -0.314 e. The van der Waals surface area contributed by atoms with Gasteiger partial charge in [0.15, 0.2) is 0 Å². The summed E-state index contributed by atoms with van der Waals surface area (Å²) in [5, 5.41) is 4.13. The molecular weight excluding hydrogens is 170 g/mol. The van der Waals surface area contributed by atoms with Gasteiger partial charge in [0.2, 0.25) is 0 Å². The Bertz CT molecular complexity index is 137. The number of alkyl halides is 1. The van der Waals surface area contributed by atoms with Crippen molar-refractivity contribution >= 4 is 11.6 Å². The molecule has 70 valence electrons. The van der Waals surface area contributed by atoms with Crippen molar-refractivity contribution in [3.05, 3.63) is 0 Å². The molecule has 1 N–H and O–H groups in total. The molecule has 0 amide bonds. The van der Waals surface area contributed by atoms with Crippen molar-refractivity contribution in [1.82, 2.24) is 5.32 Å². The topological polar surface area (TPSA) is 12.0 Å². The highest BCUT2D eigenvalue weighted by molar-refractivity contribution is 6.21. The zero-order valence-corrected chi connectivity index (χ0v) is 8.32. The lowest BCUT2D eigenvalue weighted by Crippen LogP contribution is -2.37. The van der Waals surface area contributed by atoms with Crippen molar-refractivity contribution in [2.45, 2.75) is 49.9 Å². The first-order chi connectivity index (χ1) is 5.84. The fourth-order valence-electron chi connectivity index (χ4n) is 2.28. The van der Waals surface area contributed by atoms with Crippen LogP contribution in [0.1, 0.15) is 38.5 Å². The van der Waals surface area contributed by atoms with Crippen LogP contribution >= 0.6 is 11.6 Å². The van der Waals surface area contributed by atoms with E-state index in [1.165, 1.54) is 45.1 Å². The molecule has 0 bridgehead atoms. The summed E-state index contributed by atoms with van der Waals surface area (Å²) in [7, 11) is 0. The average molecular weight is 188 g/mol. The van der Waals surface area contributed by atoms with E-state index in [1.807, 2.05) is 0 Å². The van der Waals surface area contributed by atoms with Gasteiger partial charge in [-0.25, -0.2) is 0 Å². The molecule has 0 aromatic carbocycles. The second kappa shape index (κ2) is 3.97. The van der Waals surface area contributed by atoms with Crippen LogP contribution in [0.15, 0.2) is 0 Å². The summed E-state index contributed by atoms with van der Waals surface area (Å²) in [5.41, 5.74) is 0. The van der Waals surface area contributed by atoms with Crippen molar-refractivity contribution in [2.75, 3.05) is 6.54 Å². The van der Waals surface area contributed by atoms with Gasteiger partial charge in [-0.2, -0.15) is 0 Å². The summed E-state index contributed by atoms with van der Waals surface area (Å²) < 4.78 is 0.